The molecule has 2 aromatic carbocycles. The number of hydrogen-bond acceptors (Lipinski definition) is 8. The molecule has 2 heterocycles. The van der Waals surface area contributed by atoms with Gasteiger partial charge in [0.2, 0.25) is 11.9 Å². The fourth-order valence-corrected chi connectivity index (χ4v) is 5.32. The Morgan fingerprint density at radius 3 is 2.53 bits per heavy atom. The molecular formula is C25H31ClN6O3S. The molecule has 1 saturated heterocycles. The minimum absolute atomic E-state index is 0.307. The van der Waals surface area contributed by atoms with Crippen molar-refractivity contribution in [2.75, 3.05) is 42.3 Å². The second-order valence-corrected chi connectivity index (χ2v) is 11.9. The molecule has 0 atom stereocenters. The predicted molar refractivity (Wildman–Crippen MR) is 142 cm³/mol. The number of Topliss-reactive ketones (excluding diaryl/α,β-unsaturated/α-hetero) is 1. The van der Waals surface area contributed by atoms with Crippen LogP contribution in [-0.4, -0.2) is 72.0 Å². The van der Waals surface area contributed by atoms with Crippen molar-refractivity contribution >= 4 is 39.1 Å². The first-order chi connectivity index (χ1) is 17.2. The quantitative estimate of drug-likeness (QED) is 0.383. The van der Waals surface area contributed by atoms with Crippen molar-refractivity contribution in [3.63, 3.8) is 0 Å². The lowest BCUT2D eigenvalue weighted by Gasteiger charge is -2.38. The molecule has 0 radical (unpaired) electrons. The molecule has 0 saturated carbocycles. The number of nitrogens with one attached hydrogen (secondary N) is 1. The highest BCUT2D eigenvalue weighted by Crippen LogP contribution is 2.23. The van der Waals surface area contributed by atoms with Gasteiger partial charge in [0.15, 0.2) is 15.6 Å². The fraction of sp³-hybridized carbons (Fsp3) is 0.400. The van der Waals surface area contributed by atoms with Gasteiger partial charge in [0.25, 0.3) is 0 Å². The van der Waals surface area contributed by atoms with Crippen LogP contribution >= 0.6 is 11.6 Å². The van der Waals surface area contributed by atoms with Crippen LogP contribution in [0.2, 0.25) is 5.02 Å². The normalized spacial score (nSPS) is 14.9. The summed E-state index contributed by atoms with van der Waals surface area (Å²) in [7, 11) is -3.39. The number of nitrogens with two attached hydrogens (primary N) is 1. The third kappa shape index (κ3) is 7.28. The van der Waals surface area contributed by atoms with E-state index in [9.17, 15) is 13.2 Å². The lowest BCUT2D eigenvalue weighted by Crippen LogP contribution is -2.45. The summed E-state index contributed by atoms with van der Waals surface area (Å²) in [4.78, 5) is 21.3. The van der Waals surface area contributed by atoms with E-state index in [-0.39, 0.29) is 5.78 Å². The van der Waals surface area contributed by atoms with Crippen molar-refractivity contribution in [2.45, 2.75) is 31.8 Å². The summed E-state index contributed by atoms with van der Waals surface area (Å²) in [5.41, 5.74) is 8.30. The van der Waals surface area contributed by atoms with E-state index >= 15 is 0 Å². The van der Waals surface area contributed by atoms with Gasteiger partial charge in [0, 0.05) is 49.1 Å². The van der Waals surface area contributed by atoms with E-state index in [1.165, 1.54) is 5.56 Å². The van der Waals surface area contributed by atoms with Crippen molar-refractivity contribution in [1.29, 1.82) is 0 Å². The Morgan fingerprint density at radius 1 is 1.17 bits per heavy atom. The zero-order chi connectivity index (χ0) is 25.7. The lowest BCUT2D eigenvalue weighted by atomic mass is 10.0. The summed E-state index contributed by atoms with van der Waals surface area (Å²) in [6.45, 7) is 3.12. The number of anilines is 2. The molecule has 0 spiro atoms. The molecule has 0 unspecified atom stereocenters. The summed E-state index contributed by atoms with van der Waals surface area (Å²) in [6, 6.07) is 15.5. The molecule has 0 aliphatic carbocycles. The van der Waals surface area contributed by atoms with Crippen LogP contribution in [0.1, 0.15) is 34.3 Å². The Kier molecular flexibility index (Phi) is 8.28. The predicted octanol–water partition coefficient (Wildman–Crippen LogP) is 2.98. The number of carbonyl (C=O) groups is 1. The van der Waals surface area contributed by atoms with Crippen molar-refractivity contribution in [2.24, 2.45) is 0 Å². The lowest BCUT2D eigenvalue weighted by molar-refractivity contribution is 0.102. The Bertz CT molecular complexity index is 1290. The molecule has 1 aromatic heterocycles. The van der Waals surface area contributed by atoms with Crippen LogP contribution in [0, 0.1) is 0 Å². The van der Waals surface area contributed by atoms with Gasteiger partial charge in [-0.3, -0.25) is 9.69 Å². The Labute approximate surface area is 216 Å². The van der Waals surface area contributed by atoms with Crippen LogP contribution in [-0.2, 0) is 22.8 Å². The highest BCUT2D eigenvalue weighted by atomic mass is 35.5. The summed E-state index contributed by atoms with van der Waals surface area (Å²) >= 11 is 6.05. The van der Waals surface area contributed by atoms with E-state index in [4.69, 9.17) is 17.3 Å². The molecule has 0 bridgehead atoms. The summed E-state index contributed by atoms with van der Waals surface area (Å²) in [6.07, 6.45) is 3.80. The number of carbonyl (C=O) groups excluding carboxylic acids is 1. The topological polar surface area (TPSA) is 125 Å². The molecule has 9 nitrogen and oxygen atoms in total. The molecule has 192 valence electrons. The van der Waals surface area contributed by atoms with Crippen LogP contribution in [0.15, 0.2) is 48.5 Å². The average Bonchev–Trinajstić information content (AvgIpc) is 3.28. The Balaban J connectivity index is 1.47. The third-order valence-electron chi connectivity index (χ3n) is 6.38. The van der Waals surface area contributed by atoms with Gasteiger partial charge in [-0.15, -0.1) is 5.10 Å². The van der Waals surface area contributed by atoms with Crippen molar-refractivity contribution in [3.05, 3.63) is 70.2 Å². The van der Waals surface area contributed by atoms with E-state index in [2.05, 4.69) is 25.0 Å². The molecule has 4 rings (SSSR count). The zero-order valence-corrected chi connectivity index (χ0v) is 21.8. The number of rotatable bonds is 10. The van der Waals surface area contributed by atoms with Gasteiger partial charge in [-0.1, -0.05) is 41.9 Å². The van der Waals surface area contributed by atoms with Crippen molar-refractivity contribution in [3.8, 4) is 0 Å². The van der Waals surface area contributed by atoms with E-state index in [1.54, 1.807) is 6.07 Å². The minimum Gasteiger partial charge on any atom is -0.368 e. The number of H-pyrrole nitrogens is 1. The van der Waals surface area contributed by atoms with Crippen molar-refractivity contribution in [1.82, 2.24) is 20.1 Å². The summed E-state index contributed by atoms with van der Waals surface area (Å²) < 4.78 is 23.2. The smallest absolute Gasteiger partial charge is 0.246 e. The molecule has 3 aromatic rings. The molecule has 1 aliphatic rings. The maximum Gasteiger partial charge on any atom is 0.246 e. The molecule has 11 heteroatoms. The maximum absolute atomic E-state index is 12.5. The number of ketones is 1. The number of sulfone groups is 1. The van der Waals surface area contributed by atoms with Gasteiger partial charge >= 0.3 is 0 Å². The summed E-state index contributed by atoms with van der Waals surface area (Å²) in [5, 5.41) is 7.58. The van der Waals surface area contributed by atoms with Gasteiger partial charge in [0.1, 0.15) is 5.75 Å². The van der Waals surface area contributed by atoms with Gasteiger partial charge in [-0.2, -0.15) is 4.98 Å². The minimum atomic E-state index is -3.39. The first kappa shape index (κ1) is 26.1. The fourth-order valence-electron chi connectivity index (χ4n) is 4.55. The Morgan fingerprint density at radius 2 is 1.89 bits per heavy atom. The molecule has 0 amide bonds. The standard InChI is InChI=1S/C25H31ClN6O3S/c1-36(34,35)17-23(33)20-4-2-3-19(15-20)16-32(12-9-18-5-7-21(26)8-6-18)22-10-13-31(14-11-22)25-28-24(27)29-30-25/h2-8,15,22H,9-14,16-17H2,1H3,(H3,27,28,29,30). The second-order valence-electron chi connectivity index (χ2n) is 9.28. The summed E-state index contributed by atoms with van der Waals surface area (Å²) in [5.74, 6) is 0.0601. The number of hydrogen-bond donors (Lipinski definition) is 2. The largest absolute Gasteiger partial charge is 0.368 e. The molecule has 36 heavy (non-hydrogen) atoms. The number of piperidine rings is 1. The molecule has 1 fully saturated rings. The number of nitrogen functional groups attached to an aromatic ring is 1. The van der Waals surface area contributed by atoms with E-state index < -0.39 is 15.6 Å². The number of benzene rings is 2. The van der Waals surface area contributed by atoms with Crippen LogP contribution in [0.5, 0.6) is 0 Å². The van der Waals surface area contributed by atoms with E-state index in [0.29, 0.717) is 35.1 Å². The third-order valence-corrected chi connectivity index (χ3v) is 7.42. The van der Waals surface area contributed by atoms with E-state index in [0.717, 1.165) is 50.7 Å². The number of halogens is 1. The maximum atomic E-state index is 12.5. The number of aromatic amines is 1. The van der Waals surface area contributed by atoms with Crippen LogP contribution < -0.4 is 10.6 Å². The average molecular weight is 531 g/mol. The van der Waals surface area contributed by atoms with Gasteiger partial charge in [-0.25, -0.2) is 13.5 Å². The van der Waals surface area contributed by atoms with Crippen LogP contribution in [0.4, 0.5) is 11.9 Å². The van der Waals surface area contributed by atoms with Crippen LogP contribution in [0.3, 0.4) is 0 Å². The van der Waals surface area contributed by atoms with Gasteiger partial charge < -0.3 is 10.6 Å². The van der Waals surface area contributed by atoms with Crippen molar-refractivity contribution < 1.29 is 13.2 Å². The first-order valence-corrected chi connectivity index (χ1v) is 14.3. The van der Waals surface area contributed by atoms with Gasteiger partial charge in [-0.05, 0) is 48.6 Å². The first-order valence-electron chi connectivity index (χ1n) is 11.9. The molecular weight excluding hydrogens is 500 g/mol. The van der Waals surface area contributed by atoms with E-state index in [1.807, 2.05) is 42.5 Å². The SMILES string of the molecule is CS(=O)(=O)CC(=O)c1cccc(CN(CCc2ccc(Cl)cc2)C2CCN(c3n[nH]c(N)n3)CC2)c1. The zero-order valence-electron chi connectivity index (χ0n) is 20.2. The number of nitrogens with zero attached hydrogens (tertiary/aromatic N) is 4. The second kappa shape index (κ2) is 11.4. The monoisotopic (exact) mass is 530 g/mol. The molecule has 3 N–H and O–H groups in total. The highest BCUT2D eigenvalue weighted by molar-refractivity contribution is 7.91. The molecule has 1 aliphatic heterocycles. The van der Waals surface area contributed by atoms with Crippen LogP contribution in [0.25, 0.3) is 0 Å². The Hall–Kier alpha value is -2.95. The highest BCUT2D eigenvalue weighted by Gasteiger charge is 2.26. The van der Waals surface area contributed by atoms with Gasteiger partial charge in [0.05, 0.1) is 0 Å². The number of aromatic nitrogens is 3.